The number of hydrogen-bond donors (Lipinski definition) is 0. The highest BCUT2D eigenvalue weighted by atomic mass is 35.5. The van der Waals surface area contributed by atoms with E-state index in [4.69, 9.17) is 11.6 Å². The Balaban J connectivity index is 2.33. The van der Waals surface area contributed by atoms with Crippen LogP contribution < -0.4 is 5.56 Å². The summed E-state index contributed by atoms with van der Waals surface area (Å²) in [6.07, 6.45) is 0. The molecule has 0 saturated heterocycles. The summed E-state index contributed by atoms with van der Waals surface area (Å²) in [6, 6.07) is 17.2. The zero-order valence-electron chi connectivity index (χ0n) is 10.4. The summed E-state index contributed by atoms with van der Waals surface area (Å²) in [5.74, 6) is 0. The molecule has 0 aliphatic carbocycles. The Labute approximate surface area is 115 Å². The zero-order valence-corrected chi connectivity index (χ0v) is 11.2. The van der Waals surface area contributed by atoms with Crippen molar-refractivity contribution >= 4 is 22.4 Å². The van der Waals surface area contributed by atoms with Crippen LogP contribution in [0.1, 0.15) is 0 Å². The van der Waals surface area contributed by atoms with Crippen molar-refractivity contribution in [3.63, 3.8) is 0 Å². The minimum Gasteiger partial charge on any atom is -0.311 e. The smallest absolute Gasteiger partial charge is 0.258 e. The monoisotopic (exact) mass is 269 g/mol. The fraction of sp³-hybridized carbons (Fsp3) is 0.0625. The van der Waals surface area contributed by atoms with Crippen LogP contribution in [0.3, 0.4) is 0 Å². The molecular weight excluding hydrogens is 258 g/mol. The topological polar surface area (TPSA) is 22.0 Å². The van der Waals surface area contributed by atoms with E-state index in [1.54, 1.807) is 11.6 Å². The lowest BCUT2D eigenvalue weighted by atomic mass is 10.1. The van der Waals surface area contributed by atoms with E-state index in [1.807, 2.05) is 54.6 Å². The predicted octanol–water partition coefficient (Wildman–Crippen LogP) is 3.86. The molecule has 0 aliphatic rings. The van der Waals surface area contributed by atoms with Crippen molar-refractivity contribution in [3.05, 3.63) is 70.0 Å². The van der Waals surface area contributed by atoms with Gasteiger partial charge >= 0.3 is 0 Å². The van der Waals surface area contributed by atoms with Gasteiger partial charge in [-0.05, 0) is 35.2 Å². The van der Waals surface area contributed by atoms with Crippen LogP contribution in [0.2, 0.25) is 5.02 Å². The fourth-order valence-electron chi connectivity index (χ4n) is 2.25. The van der Waals surface area contributed by atoms with Gasteiger partial charge in [-0.3, -0.25) is 4.79 Å². The summed E-state index contributed by atoms with van der Waals surface area (Å²) in [5.41, 5.74) is 1.89. The first-order valence-corrected chi connectivity index (χ1v) is 6.39. The van der Waals surface area contributed by atoms with Crippen LogP contribution in [-0.2, 0) is 7.05 Å². The van der Waals surface area contributed by atoms with Crippen molar-refractivity contribution in [2.45, 2.75) is 0 Å². The quantitative estimate of drug-likeness (QED) is 0.657. The molecule has 0 fully saturated rings. The molecule has 0 bridgehead atoms. The Morgan fingerprint density at radius 3 is 2.42 bits per heavy atom. The van der Waals surface area contributed by atoms with Crippen LogP contribution in [0.4, 0.5) is 0 Å². The van der Waals surface area contributed by atoms with Gasteiger partial charge in [-0.15, -0.1) is 0 Å². The van der Waals surface area contributed by atoms with Gasteiger partial charge in [0, 0.05) is 17.5 Å². The Morgan fingerprint density at radius 2 is 1.68 bits per heavy atom. The Morgan fingerprint density at radius 1 is 1.00 bits per heavy atom. The maximum absolute atomic E-state index is 12.3. The molecule has 0 aliphatic heterocycles. The molecule has 2 nitrogen and oxygen atoms in total. The van der Waals surface area contributed by atoms with Crippen LogP contribution in [-0.4, -0.2) is 4.57 Å². The first kappa shape index (κ1) is 12.0. The number of hydrogen-bond acceptors (Lipinski definition) is 1. The lowest BCUT2D eigenvalue weighted by Crippen LogP contribution is -2.18. The van der Waals surface area contributed by atoms with Crippen molar-refractivity contribution in [3.8, 4) is 11.3 Å². The molecule has 1 heterocycles. The summed E-state index contributed by atoms with van der Waals surface area (Å²) in [4.78, 5) is 12.3. The van der Waals surface area contributed by atoms with Gasteiger partial charge in [0.2, 0.25) is 0 Å². The molecular formula is C16H12ClNO. The molecule has 0 atom stereocenters. The minimum absolute atomic E-state index is 0.0167. The van der Waals surface area contributed by atoms with E-state index in [0.717, 1.165) is 22.0 Å². The SMILES string of the molecule is Cn1c(-c2ccc(Cl)cc2)cc2ccccc2c1=O. The van der Waals surface area contributed by atoms with Gasteiger partial charge in [-0.2, -0.15) is 0 Å². The third-order valence-electron chi connectivity index (χ3n) is 3.29. The van der Waals surface area contributed by atoms with E-state index in [1.165, 1.54) is 0 Å². The van der Waals surface area contributed by atoms with Crippen molar-refractivity contribution in [1.29, 1.82) is 0 Å². The zero-order chi connectivity index (χ0) is 13.4. The normalized spacial score (nSPS) is 10.8. The van der Waals surface area contributed by atoms with Gasteiger partial charge < -0.3 is 4.57 Å². The first-order valence-electron chi connectivity index (χ1n) is 6.01. The van der Waals surface area contributed by atoms with Crippen LogP contribution in [0.25, 0.3) is 22.0 Å². The van der Waals surface area contributed by atoms with E-state index in [-0.39, 0.29) is 5.56 Å². The highest BCUT2D eigenvalue weighted by Crippen LogP contribution is 2.23. The molecule has 1 aromatic heterocycles. The molecule has 0 spiro atoms. The second-order valence-corrected chi connectivity index (χ2v) is 4.92. The standard InChI is InChI=1S/C16H12ClNO/c1-18-15(11-6-8-13(17)9-7-11)10-12-4-2-3-5-14(12)16(18)19/h2-10H,1H3. The molecule has 0 saturated carbocycles. The second kappa shape index (κ2) is 4.56. The van der Waals surface area contributed by atoms with Crippen molar-refractivity contribution in [2.75, 3.05) is 0 Å². The Kier molecular flexibility index (Phi) is 2.88. The largest absolute Gasteiger partial charge is 0.311 e. The molecule has 2 aromatic carbocycles. The Hall–Kier alpha value is -2.06. The summed E-state index contributed by atoms with van der Waals surface area (Å²) in [5, 5.41) is 2.38. The van der Waals surface area contributed by atoms with Gasteiger partial charge in [0.15, 0.2) is 0 Å². The average Bonchev–Trinajstić information content (AvgIpc) is 2.44. The lowest BCUT2D eigenvalue weighted by molar-refractivity contribution is 0.883. The molecule has 3 aromatic rings. The van der Waals surface area contributed by atoms with E-state index in [0.29, 0.717) is 5.02 Å². The summed E-state index contributed by atoms with van der Waals surface area (Å²) >= 11 is 5.90. The van der Waals surface area contributed by atoms with E-state index >= 15 is 0 Å². The van der Waals surface area contributed by atoms with Crippen LogP contribution in [0.15, 0.2) is 59.4 Å². The number of nitrogens with zero attached hydrogens (tertiary/aromatic N) is 1. The minimum atomic E-state index is 0.0167. The maximum Gasteiger partial charge on any atom is 0.258 e. The number of benzene rings is 2. The molecule has 94 valence electrons. The molecule has 3 rings (SSSR count). The van der Waals surface area contributed by atoms with E-state index in [9.17, 15) is 4.79 Å². The van der Waals surface area contributed by atoms with Crippen LogP contribution in [0, 0.1) is 0 Å². The Bertz CT molecular complexity index is 803. The van der Waals surface area contributed by atoms with Crippen LogP contribution >= 0.6 is 11.6 Å². The van der Waals surface area contributed by atoms with Crippen molar-refractivity contribution in [2.24, 2.45) is 7.05 Å². The van der Waals surface area contributed by atoms with E-state index < -0.39 is 0 Å². The lowest BCUT2D eigenvalue weighted by Gasteiger charge is -2.10. The predicted molar refractivity (Wildman–Crippen MR) is 79.6 cm³/mol. The van der Waals surface area contributed by atoms with Gasteiger partial charge in [0.05, 0.1) is 5.69 Å². The van der Waals surface area contributed by atoms with Gasteiger partial charge in [-0.25, -0.2) is 0 Å². The van der Waals surface area contributed by atoms with Gasteiger partial charge in [0.25, 0.3) is 5.56 Å². The third-order valence-corrected chi connectivity index (χ3v) is 3.54. The highest BCUT2D eigenvalue weighted by molar-refractivity contribution is 6.30. The average molecular weight is 270 g/mol. The van der Waals surface area contributed by atoms with Gasteiger partial charge in [0.1, 0.15) is 0 Å². The molecule has 0 radical (unpaired) electrons. The number of rotatable bonds is 1. The highest BCUT2D eigenvalue weighted by Gasteiger charge is 2.07. The van der Waals surface area contributed by atoms with Crippen LogP contribution in [0.5, 0.6) is 0 Å². The van der Waals surface area contributed by atoms with Crippen molar-refractivity contribution in [1.82, 2.24) is 4.57 Å². The fourth-order valence-corrected chi connectivity index (χ4v) is 2.38. The number of pyridine rings is 1. The van der Waals surface area contributed by atoms with E-state index in [2.05, 4.69) is 0 Å². The molecule has 0 amide bonds. The number of halogens is 1. The van der Waals surface area contributed by atoms with Crippen molar-refractivity contribution < 1.29 is 0 Å². The molecule has 3 heteroatoms. The van der Waals surface area contributed by atoms with Gasteiger partial charge in [-0.1, -0.05) is 41.9 Å². The third kappa shape index (κ3) is 2.04. The summed E-state index contributed by atoms with van der Waals surface area (Å²) in [7, 11) is 1.79. The first-order chi connectivity index (χ1) is 9.16. The summed E-state index contributed by atoms with van der Waals surface area (Å²) < 4.78 is 1.67. The number of fused-ring (bicyclic) bond motifs is 1. The molecule has 19 heavy (non-hydrogen) atoms. The number of aromatic nitrogens is 1. The second-order valence-electron chi connectivity index (χ2n) is 4.49. The maximum atomic E-state index is 12.3. The molecule has 0 unspecified atom stereocenters. The molecule has 0 N–H and O–H groups in total. The summed E-state index contributed by atoms with van der Waals surface area (Å²) in [6.45, 7) is 0.